The molecule has 0 bridgehead atoms. The average Bonchev–Trinajstić information content (AvgIpc) is 3.02. The number of ether oxygens (including phenoxy) is 2. The number of hydrogen-bond donors (Lipinski definition) is 1. The van der Waals surface area contributed by atoms with Crippen LogP contribution in [0.3, 0.4) is 0 Å². The van der Waals surface area contributed by atoms with Crippen molar-refractivity contribution < 1.29 is 9.47 Å². The molecule has 1 atom stereocenters. The van der Waals surface area contributed by atoms with E-state index in [0.29, 0.717) is 6.10 Å². The Morgan fingerprint density at radius 2 is 2.33 bits per heavy atom. The lowest BCUT2D eigenvalue weighted by atomic mass is 9.89. The lowest BCUT2D eigenvalue weighted by Gasteiger charge is -2.32. The third-order valence-corrected chi connectivity index (χ3v) is 4.75. The first kappa shape index (κ1) is 12.6. The Morgan fingerprint density at radius 1 is 1.44 bits per heavy atom. The summed E-state index contributed by atoms with van der Waals surface area (Å²) >= 11 is 1.75. The van der Waals surface area contributed by atoms with E-state index in [-0.39, 0.29) is 5.60 Å². The quantitative estimate of drug-likeness (QED) is 0.907. The molecule has 2 saturated heterocycles. The number of rotatable bonds is 4. The Kier molecular flexibility index (Phi) is 3.99. The highest BCUT2D eigenvalue weighted by Crippen LogP contribution is 2.35. The second kappa shape index (κ2) is 5.70. The normalized spacial score (nSPS) is 26.8. The molecular formula is C14H21NO2S. The van der Waals surface area contributed by atoms with Crippen molar-refractivity contribution in [2.24, 2.45) is 0 Å². The molecule has 2 aliphatic rings. The van der Waals surface area contributed by atoms with Crippen molar-refractivity contribution in [3.8, 4) is 0 Å². The highest BCUT2D eigenvalue weighted by atomic mass is 32.1. The zero-order valence-electron chi connectivity index (χ0n) is 10.7. The third-order valence-electron chi connectivity index (χ3n) is 4.01. The number of thiophene rings is 1. The van der Waals surface area contributed by atoms with E-state index in [9.17, 15) is 0 Å². The molecule has 0 aliphatic carbocycles. The first-order chi connectivity index (χ1) is 8.86. The Hall–Kier alpha value is -0.420. The first-order valence-electron chi connectivity index (χ1n) is 6.84. The average molecular weight is 267 g/mol. The Labute approximate surface area is 112 Å². The largest absolute Gasteiger partial charge is 0.375 e. The molecule has 100 valence electrons. The monoisotopic (exact) mass is 267 g/mol. The zero-order chi connectivity index (χ0) is 12.3. The van der Waals surface area contributed by atoms with Crippen LogP contribution in [-0.2, 0) is 15.9 Å². The topological polar surface area (TPSA) is 30.5 Å². The number of piperidine rings is 1. The summed E-state index contributed by atoms with van der Waals surface area (Å²) in [7, 11) is 0. The van der Waals surface area contributed by atoms with Crippen LogP contribution in [0.1, 0.15) is 24.8 Å². The summed E-state index contributed by atoms with van der Waals surface area (Å²) in [5.74, 6) is 0. The van der Waals surface area contributed by atoms with Gasteiger partial charge in [0.25, 0.3) is 0 Å². The van der Waals surface area contributed by atoms with Crippen molar-refractivity contribution in [3.63, 3.8) is 0 Å². The van der Waals surface area contributed by atoms with Crippen molar-refractivity contribution in [2.45, 2.75) is 37.4 Å². The van der Waals surface area contributed by atoms with Crippen molar-refractivity contribution in [1.29, 1.82) is 0 Å². The van der Waals surface area contributed by atoms with Gasteiger partial charge in [0.1, 0.15) is 0 Å². The molecule has 3 rings (SSSR count). The van der Waals surface area contributed by atoms with Crippen LogP contribution in [0.15, 0.2) is 16.8 Å². The Bertz CT molecular complexity index is 360. The van der Waals surface area contributed by atoms with Crippen LogP contribution < -0.4 is 5.32 Å². The third kappa shape index (κ3) is 2.94. The van der Waals surface area contributed by atoms with Crippen LogP contribution in [0.4, 0.5) is 0 Å². The molecule has 4 heteroatoms. The molecule has 1 aromatic heterocycles. The molecular weight excluding hydrogens is 246 g/mol. The highest BCUT2D eigenvalue weighted by molar-refractivity contribution is 7.07. The van der Waals surface area contributed by atoms with Crippen molar-refractivity contribution in [3.05, 3.63) is 22.4 Å². The predicted octanol–water partition coefficient (Wildman–Crippen LogP) is 2.22. The van der Waals surface area contributed by atoms with Crippen molar-refractivity contribution in [2.75, 3.05) is 26.3 Å². The van der Waals surface area contributed by atoms with Gasteiger partial charge in [-0.2, -0.15) is 11.3 Å². The van der Waals surface area contributed by atoms with Gasteiger partial charge in [0.2, 0.25) is 0 Å². The van der Waals surface area contributed by atoms with Crippen LogP contribution in [0.5, 0.6) is 0 Å². The lowest BCUT2D eigenvalue weighted by molar-refractivity contribution is -0.0232. The van der Waals surface area contributed by atoms with E-state index in [0.717, 1.165) is 52.0 Å². The molecule has 18 heavy (non-hydrogen) atoms. The van der Waals surface area contributed by atoms with Crippen LogP contribution in [-0.4, -0.2) is 38.0 Å². The van der Waals surface area contributed by atoms with Crippen molar-refractivity contribution in [1.82, 2.24) is 5.32 Å². The molecule has 0 radical (unpaired) electrons. The van der Waals surface area contributed by atoms with Gasteiger partial charge < -0.3 is 14.8 Å². The Balaban J connectivity index is 1.42. The van der Waals surface area contributed by atoms with Gasteiger partial charge in [-0.05, 0) is 54.7 Å². The summed E-state index contributed by atoms with van der Waals surface area (Å²) < 4.78 is 12.0. The van der Waals surface area contributed by atoms with E-state index >= 15 is 0 Å². The molecule has 1 aromatic rings. The number of hydrogen-bond acceptors (Lipinski definition) is 4. The standard InChI is InChI=1S/C14H21NO2S/c1(12-2-8-18-11-12)7-16-13-9-14(17-10-13)3-5-15-6-4-14/h2,8,11,13,15H,1,3-7,9-10H2. The van der Waals surface area contributed by atoms with E-state index in [2.05, 4.69) is 22.1 Å². The molecule has 0 saturated carbocycles. The minimum Gasteiger partial charge on any atom is -0.375 e. The van der Waals surface area contributed by atoms with Gasteiger partial charge in [0, 0.05) is 6.42 Å². The molecule has 3 nitrogen and oxygen atoms in total. The fourth-order valence-corrected chi connectivity index (χ4v) is 3.62. The SMILES string of the molecule is c1cc(CCOC2COC3(CCNCC3)C2)cs1. The summed E-state index contributed by atoms with van der Waals surface area (Å²) in [6, 6.07) is 2.17. The molecule has 0 amide bonds. The van der Waals surface area contributed by atoms with Crippen molar-refractivity contribution >= 4 is 11.3 Å². The van der Waals surface area contributed by atoms with Gasteiger partial charge in [-0.25, -0.2) is 0 Å². The van der Waals surface area contributed by atoms with Crippen LogP contribution in [0.25, 0.3) is 0 Å². The maximum Gasteiger partial charge on any atom is 0.0836 e. The minimum absolute atomic E-state index is 0.123. The predicted molar refractivity (Wildman–Crippen MR) is 73.2 cm³/mol. The maximum absolute atomic E-state index is 6.02. The number of nitrogens with one attached hydrogen (secondary N) is 1. The second-order valence-electron chi connectivity index (χ2n) is 5.32. The molecule has 1 spiro atoms. The summed E-state index contributed by atoms with van der Waals surface area (Å²) in [6.45, 7) is 3.77. The first-order valence-corrected chi connectivity index (χ1v) is 7.78. The van der Waals surface area contributed by atoms with Crippen LogP contribution in [0, 0.1) is 0 Å². The molecule has 2 aliphatic heterocycles. The van der Waals surface area contributed by atoms with E-state index in [1.165, 1.54) is 5.56 Å². The second-order valence-corrected chi connectivity index (χ2v) is 6.10. The van der Waals surface area contributed by atoms with Gasteiger partial charge in [-0.1, -0.05) is 0 Å². The van der Waals surface area contributed by atoms with Crippen LogP contribution >= 0.6 is 11.3 Å². The van der Waals surface area contributed by atoms with Gasteiger partial charge in [-0.3, -0.25) is 0 Å². The van der Waals surface area contributed by atoms with Gasteiger partial charge >= 0.3 is 0 Å². The highest BCUT2D eigenvalue weighted by Gasteiger charge is 2.41. The van der Waals surface area contributed by atoms with Gasteiger partial charge in [-0.15, -0.1) is 0 Å². The van der Waals surface area contributed by atoms with Gasteiger partial charge in [0.05, 0.1) is 24.9 Å². The van der Waals surface area contributed by atoms with E-state index in [4.69, 9.17) is 9.47 Å². The fraction of sp³-hybridized carbons (Fsp3) is 0.714. The molecule has 3 heterocycles. The summed E-state index contributed by atoms with van der Waals surface area (Å²) in [4.78, 5) is 0. The van der Waals surface area contributed by atoms with Crippen LogP contribution in [0.2, 0.25) is 0 Å². The van der Waals surface area contributed by atoms with E-state index < -0.39 is 0 Å². The van der Waals surface area contributed by atoms with Gasteiger partial charge in [0.15, 0.2) is 0 Å². The van der Waals surface area contributed by atoms with E-state index in [1.807, 2.05) is 0 Å². The molecule has 1 N–H and O–H groups in total. The minimum atomic E-state index is 0.123. The summed E-state index contributed by atoms with van der Waals surface area (Å²) in [6.07, 6.45) is 4.68. The summed E-state index contributed by atoms with van der Waals surface area (Å²) in [5.41, 5.74) is 1.51. The molecule has 0 aromatic carbocycles. The fourth-order valence-electron chi connectivity index (χ4n) is 2.92. The smallest absolute Gasteiger partial charge is 0.0836 e. The lowest BCUT2D eigenvalue weighted by Crippen LogP contribution is -2.41. The van der Waals surface area contributed by atoms with E-state index in [1.54, 1.807) is 11.3 Å². The maximum atomic E-state index is 6.02. The zero-order valence-corrected chi connectivity index (χ0v) is 11.5. The Morgan fingerprint density at radius 3 is 3.11 bits per heavy atom. The summed E-state index contributed by atoms with van der Waals surface area (Å²) in [5, 5.41) is 7.71. The molecule has 2 fully saturated rings. The molecule has 1 unspecified atom stereocenters.